The van der Waals surface area contributed by atoms with E-state index in [9.17, 15) is 9.59 Å². The Kier molecular flexibility index (Phi) is 4.62. The van der Waals surface area contributed by atoms with Crippen molar-refractivity contribution in [3.63, 3.8) is 0 Å². The summed E-state index contributed by atoms with van der Waals surface area (Å²) in [7, 11) is 1.62. The Labute approximate surface area is 162 Å². The van der Waals surface area contributed by atoms with Gasteiger partial charge in [0.05, 0.1) is 13.2 Å². The number of nitrogens with one attached hydrogen (secondary N) is 2. The first-order valence-electron chi connectivity index (χ1n) is 8.78. The molecule has 2 N–H and O–H groups in total. The summed E-state index contributed by atoms with van der Waals surface area (Å²) in [5.41, 5.74) is 3.25. The van der Waals surface area contributed by atoms with Crippen LogP contribution in [-0.2, 0) is 4.79 Å². The van der Waals surface area contributed by atoms with E-state index in [2.05, 4.69) is 10.6 Å². The van der Waals surface area contributed by atoms with Crippen molar-refractivity contribution in [3.8, 4) is 5.75 Å². The van der Waals surface area contributed by atoms with Crippen LogP contribution < -0.4 is 15.4 Å². The number of ketones is 1. The summed E-state index contributed by atoms with van der Waals surface area (Å²) in [5, 5.41) is 6.32. The van der Waals surface area contributed by atoms with Gasteiger partial charge in [0.25, 0.3) is 0 Å². The Balaban J connectivity index is 1.67. The molecule has 6 heteroatoms. The molecule has 0 spiro atoms. The van der Waals surface area contributed by atoms with Gasteiger partial charge in [-0.2, -0.15) is 0 Å². The molecule has 2 amide bonds. The molecule has 2 aromatic carbocycles. The zero-order chi connectivity index (χ0) is 19.0. The van der Waals surface area contributed by atoms with Crippen molar-refractivity contribution >= 4 is 23.4 Å². The third-order valence-electron chi connectivity index (χ3n) is 5.13. The van der Waals surface area contributed by atoms with Crippen LogP contribution in [0.15, 0.2) is 59.8 Å². The normalized spacial score (nSPS) is 22.0. The van der Waals surface area contributed by atoms with Crippen molar-refractivity contribution in [2.75, 3.05) is 7.11 Å². The monoisotopic (exact) mass is 382 g/mol. The molecule has 0 saturated carbocycles. The van der Waals surface area contributed by atoms with Crippen molar-refractivity contribution in [3.05, 3.63) is 76.0 Å². The SMILES string of the molecule is COc1ccc([C@H]2CC(=O)C3=C(C2)NC(=O)N[C@@H]3c2ccc(Cl)cc2)cc1. The Hall–Kier alpha value is -2.79. The fraction of sp³-hybridized carbons (Fsp3) is 0.238. The Bertz CT molecular complexity index is 919. The highest BCUT2D eigenvalue weighted by Gasteiger charge is 2.37. The summed E-state index contributed by atoms with van der Waals surface area (Å²) in [5.74, 6) is 0.856. The summed E-state index contributed by atoms with van der Waals surface area (Å²) in [6.07, 6.45) is 1.03. The number of hydrogen-bond acceptors (Lipinski definition) is 3. The van der Waals surface area contributed by atoms with Gasteiger partial charge < -0.3 is 15.4 Å². The summed E-state index contributed by atoms with van der Waals surface area (Å²) in [6, 6.07) is 14.2. The number of carbonyl (C=O) groups is 2. The molecule has 1 heterocycles. The van der Waals surface area contributed by atoms with Gasteiger partial charge in [-0.3, -0.25) is 4.79 Å². The Morgan fingerprint density at radius 3 is 2.30 bits per heavy atom. The van der Waals surface area contributed by atoms with E-state index < -0.39 is 6.04 Å². The van der Waals surface area contributed by atoms with Crippen molar-refractivity contribution in [1.29, 1.82) is 0 Å². The summed E-state index contributed by atoms with van der Waals surface area (Å²) < 4.78 is 5.20. The number of ether oxygens (including phenoxy) is 1. The van der Waals surface area contributed by atoms with Crippen LogP contribution in [0, 0.1) is 0 Å². The molecule has 2 aromatic rings. The first-order chi connectivity index (χ1) is 13.0. The smallest absolute Gasteiger partial charge is 0.319 e. The van der Waals surface area contributed by atoms with E-state index in [1.54, 1.807) is 19.2 Å². The molecule has 27 heavy (non-hydrogen) atoms. The molecule has 4 rings (SSSR count). The van der Waals surface area contributed by atoms with Gasteiger partial charge >= 0.3 is 6.03 Å². The highest BCUT2D eigenvalue weighted by atomic mass is 35.5. The van der Waals surface area contributed by atoms with E-state index in [0.717, 1.165) is 16.9 Å². The Morgan fingerprint density at radius 1 is 0.963 bits per heavy atom. The van der Waals surface area contributed by atoms with Crippen LogP contribution in [0.2, 0.25) is 5.02 Å². The van der Waals surface area contributed by atoms with Crippen molar-refractivity contribution in [2.24, 2.45) is 0 Å². The van der Waals surface area contributed by atoms with Crippen molar-refractivity contribution in [1.82, 2.24) is 10.6 Å². The molecule has 0 fully saturated rings. The lowest BCUT2D eigenvalue weighted by molar-refractivity contribution is -0.116. The molecule has 0 radical (unpaired) electrons. The minimum atomic E-state index is -0.449. The minimum Gasteiger partial charge on any atom is -0.497 e. The number of methoxy groups -OCH3 is 1. The molecule has 138 valence electrons. The highest BCUT2D eigenvalue weighted by molar-refractivity contribution is 6.30. The van der Waals surface area contributed by atoms with Gasteiger partial charge in [0, 0.05) is 22.7 Å². The maximum Gasteiger partial charge on any atom is 0.319 e. The van der Waals surface area contributed by atoms with Crippen LogP contribution in [0.25, 0.3) is 0 Å². The van der Waals surface area contributed by atoms with Gasteiger partial charge in [0.15, 0.2) is 5.78 Å². The number of amides is 2. The lowest BCUT2D eigenvalue weighted by Gasteiger charge is -2.35. The molecule has 1 aliphatic heterocycles. The van der Waals surface area contributed by atoms with Crippen molar-refractivity contribution < 1.29 is 14.3 Å². The number of urea groups is 1. The second-order valence-electron chi connectivity index (χ2n) is 6.78. The van der Waals surface area contributed by atoms with E-state index in [4.69, 9.17) is 16.3 Å². The van der Waals surface area contributed by atoms with E-state index in [0.29, 0.717) is 29.1 Å². The number of halogens is 1. The molecule has 2 aliphatic rings. The quantitative estimate of drug-likeness (QED) is 0.839. The predicted molar refractivity (Wildman–Crippen MR) is 103 cm³/mol. The van der Waals surface area contributed by atoms with Crippen molar-refractivity contribution in [2.45, 2.75) is 24.8 Å². The fourth-order valence-corrected chi connectivity index (χ4v) is 3.90. The maximum absolute atomic E-state index is 13.0. The van der Waals surface area contributed by atoms with Gasteiger partial charge in [-0.15, -0.1) is 0 Å². The maximum atomic E-state index is 13.0. The number of rotatable bonds is 3. The van der Waals surface area contributed by atoms with Gasteiger partial charge in [0.1, 0.15) is 5.75 Å². The zero-order valence-corrected chi connectivity index (χ0v) is 15.5. The second kappa shape index (κ2) is 7.08. The van der Waals surface area contributed by atoms with E-state index in [1.165, 1.54) is 0 Å². The molecular formula is C21H19ClN2O3. The summed E-state index contributed by atoms with van der Waals surface area (Å²) >= 11 is 5.97. The first kappa shape index (κ1) is 17.6. The molecule has 0 bridgehead atoms. The Morgan fingerprint density at radius 2 is 1.63 bits per heavy atom. The fourth-order valence-electron chi connectivity index (χ4n) is 3.78. The largest absolute Gasteiger partial charge is 0.497 e. The number of Topliss-reactive ketones (excluding diaryl/α,β-unsaturated/α-hetero) is 1. The third-order valence-corrected chi connectivity index (χ3v) is 5.38. The van der Waals surface area contributed by atoms with Gasteiger partial charge in [-0.05, 0) is 47.7 Å². The average Bonchev–Trinajstić information content (AvgIpc) is 2.67. The summed E-state index contributed by atoms with van der Waals surface area (Å²) in [6.45, 7) is 0. The van der Waals surface area contributed by atoms with E-state index in [1.807, 2.05) is 36.4 Å². The van der Waals surface area contributed by atoms with Crippen LogP contribution in [0.1, 0.15) is 35.9 Å². The zero-order valence-electron chi connectivity index (χ0n) is 14.8. The summed E-state index contributed by atoms with van der Waals surface area (Å²) in [4.78, 5) is 25.2. The van der Waals surface area contributed by atoms with Gasteiger partial charge in [-0.1, -0.05) is 35.9 Å². The van der Waals surface area contributed by atoms with Crippen LogP contribution in [0.5, 0.6) is 5.75 Å². The number of benzene rings is 2. The molecule has 0 unspecified atom stereocenters. The third kappa shape index (κ3) is 3.43. The molecule has 0 saturated heterocycles. The molecule has 0 aromatic heterocycles. The van der Waals surface area contributed by atoms with Crippen LogP contribution in [0.3, 0.4) is 0 Å². The number of allylic oxidation sites excluding steroid dienone is 1. The standard InChI is InChI=1S/C21H19ClN2O3/c1-27-16-8-4-12(5-9-16)14-10-17-19(18(25)11-14)20(24-21(26)23-17)13-2-6-15(22)7-3-13/h2-9,14,20H,10-11H2,1H3,(H2,23,24,26)/t14-,20-/m1/s1. The van der Waals surface area contributed by atoms with Crippen LogP contribution in [0.4, 0.5) is 4.79 Å². The molecule has 5 nitrogen and oxygen atoms in total. The van der Waals surface area contributed by atoms with Crippen LogP contribution in [-0.4, -0.2) is 18.9 Å². The molecule has 2 atom stereocenters. The number of hydrogen-bond donors (Lipinski definition) is 2. The topological polar surface area (TPSA) is 67.4 Å². The molecule has 1 aliphatic carbocycles. The van der Waals surface area contributed by atoms with E-state index in [-0.39, 0.29) is 17.7 Å². The number of carbonyl (C=O) groups excluding carboxylic acids is 2. The lowest BCUT2D eigenvalue weighted by atomic mass is 9.78. The van der Waals surface area contributed by atoms with E-state index >= 15 is 0 Å². The predicted octanol–water partition coefficient (Wildman–Crippen LogP) is 4.10. The van der Waals surface area contributed by atoms with Crippen LogP contribution >= 0.6 is 11.6 Å². The second-order valence-corrected chi connectivity index (χ2v) is 7.21. The lowest BCUT2D eigenvalue weighted by Crippen LogP contribution is -2.47. The molecular weight excluding hydrogens is 364 g/mol. The minimum absolute atomic E-state index is 0.0337. The highest BCUT2D eigenvalue weighted by Crippen LogP contribution is 2.40. The van der Waals surface area contributed by atoms with Gasteiger partial charge in [-0.25, -0.2) is 4.79 Å². The average molecular weight is 383 g/mol. The first-order valence-corrected chi connectivity index (χ1v) is 9.16. The van der Waals surface area contributed by atoms with Gasteiger partial charge in [0.2, 0.25) is 0 Å².